The summed E-state index contributed by atoms with van der Waals surface area (Å²) in [6, 6.07) is 0. The molecule has 0 radical (unpaired) electrons. The van der Waals surface area contributed by atoms with E-state index in [9.17, 15) is 4.79 Å². The Bertz CT molecular complexity index is 564. The molecular weight excluding hydrogens is 266 g/mol. The van der Waals surface area contributed by atoms with Gasteiger partial charge >= 0.3 is 0 Å². The van der Waals surface area contributed by atoms with Gasteiger partial charge in [0.2, 0.25) is 0 Å². The van der Waals surface area contributed by atoms with Crippen LogP contribution in [0.15, 0.2) is 12.4 Å². The van der Waals surface area contributed by atoms with Crippen LogP contribution >= 0.6 is 11.3 Å². The number of anilines is 2. The molecule has 0 aliphatic rings. The number of nitrogen functional groups attached to an aromatic ring is 1. The normalized spacial score (nSPS) is 10.2. The molecule has 19 heavy (non-hydrogen) atoms. The Labute approximate surface area is 114 Å². The number of nitrogens with zero attached hydrogens (tertiary/aromatic N) is 1. The van der Waals surface area contributed by atoms with Crippen LogP contribution in [0, 0.1) is 0 Å². The minimum Gasteiger partial charge on any atom is -0.492 e. The van der Waals surface area contributed by atoms with Gasteiger partial charge in [0.25, 0.3) is 5.91 Å². The van der Waals surface area contributed by atoms with Gasteiger partial charge in [0, 0.05) is 25.4 Å². The maximum Gasteiger partial charge on any atom is 0.263 e. The molecule has 0 bridgehead atoms. The quantitative estimate of drug-likeness (QED) is 0.655. The van der Waals surface area contributed by atoms with Crippen molar-refractivity contribution in [3.63, 3.8) is 0 Å². The van der Waals surface area contributed by atoms with Gasteiger partial charge in [-0.15, -0.1) is 11.3 Å². The Balaban J connectivity index is 2.22. The maximum atomic E-state index is 11.7. The van der Waals surface area contributed by atoms with Gasteiger partial charge in [0.1, 0.15) is 15.6 Å². The van der Waals surface area contributed by atoms with E-state index in [0.717, 1.165) is 10.6 Å². The Kier molecular flexibility index (Phi) is 3.91. The highest BCUT2D eigenvalue weighted by molar-refractivity contribution is 7.19. The van der Waals surface area contributed by atoms with E-state index < -0.39 is 0 Å². The zero-order valence-corrected chi connectivity index (χ0v) is 11.4. The van der Waals surface area contributed by atoms with Crippen molar-refractivity contribution in [2.75, 3.05) is 25.2 Å². The molecule has 2 aromatic heterocycles. The van der Waals surface area contributed by atoms with Crippen LogP contribution < -0.4 is 21.1 Å². The second kappa shape index (κ2) is 5.61. The molecule has 1 amide bonds. The first kappa shape index (κ1) is 13.2. The molecule has 0 aliphatic heterocycles. The largest absolute Gasteiger partial charge is 0.492 e. The van der Waals surface area contributed by atoms with E-state index in [-0.39, 0.29) is 5.91 Å². The number of carbonyl (C=O) groups excluding carboxylic acids is 1. The highest BCUT2D eigenvalue weighted by Gasteiger charge is 2.20. The van der Waals surface area contributed by atoms with Crippen LogP contribution in [0.5, 0.6) is 5.75 Å². The lowest BCUT2D eigenvalue weighted by molar-refractivity contribution is 0.0967. The average molecular weight is 281 g/mol. The number of nitrogens with one attached hydrogen (secondary N) is 3. The van der Waals surface area contributed by atoms with Crippen molar-refractivity contribution < 1.29 is 9.53 Å². The first-order valence-electron chi connectivity index (χ1n) is 5.57. The molecule has 7 nitrogen and oxygen atoms in total. The Hall–Kier alpha value is -2.22. The van der Waals surface area contributed by atoms with Crippen molar-refractivity contribution >= 4 is 27.9 Å². The van der Waals surface area contributed by atoms with Gasteiger partial charge in [-0.1, -0.05) is 0 Å². The summed E-state index contributed by atoms with van der Waals surface area (Å²) in [7, 11) is 3.08. The molecule has 2 rings (SSSR count). The number of nitrogens with two attached hydrogens (primary N) is 1. The topological polar surface area (TPSA) is 105 Å². The van der Waals surface area contributed by atoms with Crippen LogP contribution in [0.4, 0.5) is 10.7 Å². The molecule has 0 spiro atoms. The number of aromatic amines is 1. The van der Waals surface area contributed by atoms with Crippen LogP contribution in [0.3, 0.4) is 0 Å². The van der Waals surface area contributed by atoms with E-state index >= 15 is 0 Å². The van der Waals surface area contributed by atoms with Crippen molar-refractivity contribution in [1.29, 1.82) is 0 Å². The van der Waals surface area contributed by atoms with Crippen LogP contribution in [0.25, 0.3) is 0 Å². The van der Waals surface area contributed by atoms with Crippen molar-refractivity contribution in [2.24, 2.45) is 0 Å². The number of H-pyrrole nitrogens is 1. The van der Waals surface area contributed by atoms with E-state index in [4.69, 9.17) is 10.5 Å². The van der Waals surface area contributed by atoms with Gasteiger partial charge in [-0.2, -0.15) is 5.10 Å². The summed E-state index contributed by atoms with van der Waals surface area (Å²) in [6.07, 6.45) is 3.51. The lowest BCUT2D eigenvalue weighted by Crippen LogP contribution is -2.17. The molecule has 2 aromatic rings. The number of carbonyl (C=O) groups is 1. The number of rotatable bonds is 5. The fourth-order valence-electron chi connectivity index (χ4n) is 1.59. The molecule has 0 fully saturated rings. The third-order valence-electron chi connectivity index (χ3n) is 2.54. The summed E-state index contributed by atoms with van der Waals surface area (Å²) in [5.74, 6) is 0.268. The number of hydrogen-bond donors (Lipinski definition) is 4. The molecule has 2 heterocycles. The van der Waals surface area contributed by atoms with Crippen LogP contribution in [0.1, 0.15) is 15.2 Å². The van der Waals surface area contributed by atoms with Crippen molar-refractivity contribution in [3.8, 4) is 5.75 Å². The summed E-state index contributed by atoms with van der Waals surface area (Å²) in [6.45, 7) is 0.569. The highest BCUT2D eigenvalue weighted by atomic mass is 32.1. The van der Waals surface area contributed by atoms with E-state index in [1.165, 1.54) is 18.4 Å². The van der Waals surface area contributed by atoms with Crippen molar-refractivity contribution in [3.05, 3.63) is 22.8 Å². The Morgan fingerprint density at radius 2 is 2.42 bits per heavy atom. The maximum absolute atomic E-state index is 11.7. The number of amides is 1. The minimum atomic E-state index is -0.225. The zero-order chi connectivity index (χ0) is 13.8. The first-order valence-corrected chi connectivity index (χ1v) is 6.38. The van der Waals surface area contributed by atoms with E-state index in [0.29, 0.717) is 22.9 Å². The zero-order valence-electron chi connectivity index (χ0n) is 10.6. The highest BCUT2D eigenvalue weighted by Crippen LogP contribution is 2.42. The average Bonchev–Trinajstić information content (AvgIpc) is 3.03. The van der Waals surface area contributed by atoms with Gasteiger partial charge < -0.3 is 21.1 Å². The second-order valence-corrected chi connectivity index (χ2v) is 4.77. The van der Waals surface area contributed by atoms with Crippen LogP contribution in [-0.4, -0.2) is 30.3 Å². The van der Waals surface area contributed by atoms with Crippen LogP contribution in [0.2, 0.25) is 0 Å². The summed E-state index contributed by atoms with van der Waals surface area (Å²) >= 11 is 1.26. The fourth-order valence-corrected chi connectivity index (χ4v) is 2.62. The molecule has 0 saturated heterocycles. The third-order valence-corrected chi connectivity index (χ3v) is 3.69. The molecule has 8 heteroatoms. The predicted octanol–water partition coefficient (Wildman–Crippen LogP) is 1.03. The van der Waals surface area contributed by atoms with E-state index in [2.05, 4.69) is 20.8 Å². The molecule has 0 aromatic carbocycles. The van der Waals surface area contributed by atoms with E-state index in [1.54, 1.807) is 19.4 Å². The minimum absolute atomic E-state index is 0.225. The summed E-state index contributed by atoms with van der Waals surface area (Å²) in [5.41, 5.74) is 7.25. The van der Waals surface area contributed by atoms with Crippen LogP contribution in [-0.2, 0) is 6.54 Å². The molecule has 0 atom stereocenters. The first-order chi connectivity index (χ1) is 9.17. The van der Waals surface area contributed by atoms with E-state index in [1.807, 2.05) is 0 Å². The van der Waals surface area contributed by atoms with Gasteiger partial charge in [-0.25, -0.2) is 0 Å². The number of ether oxygens (including phenoxy) is 1. The number of hydrogen-bond acceptors (Lipinski definition) is 6. The van der Waals surface area contributed by atoms with Crippen molar-refractivity contribution in [1.82, 2.24) is 15.5 Å². The molecule has 0 saturated carbocycles. The third kappa shape index (κ3) is 2.63. The standard InChI is InChI=1S/C11H15N5O2S/c1-13-10(17)9-7(12)8(18-2)11(19-9)14-3-6-4-15-16-5-6/h4-5,14H,3,12H2,1-2H3,(H,13,17)(H,15,16). The SMILES string of the molecule is CNC(=O)c1sc(NCc2cn[nH]c2)c(OC)c1N. The van der Waals surface area contributed by atoms with Gasteiger partial charge in [0.05, 0.1) is 13.3 Å². The lowest BCUT2D eigenvalue weighted by atomic mass is 10.3. The second-order valence-electron chi connectivity index (χ2n) is 3.75. The van der Waals surface area contributed by atoms with Gasteiger partial charge in [0.15, 0.2) is 5.75 Å². The number of methoxy groups -OCH3 is 1. The molecular formula is C11H15N5O2S. The molecule has 0 aliphatic carbocycles. The number of aromatic nitrogens is 2. The fraction of sp³-hybridized carbons (Fsp3) is 0.273. The van der Waals surface area contributed by atoms with Gasteiger partial charge in [-0.05, 0) is 0 Å². The molecule has 102 valence electrons. The van der Waals surface area contributed by atoms with Gasteiger partial charge in [-0.3, -0.25) is 9.89 Å². The summed E-state index contributed by atoms with van der Waals surface area (Å²) < 4.78 is 5.24. The Morgan fingerprint density at radius 3 is 3.00 bits per heavy atom. The summed E-state index contributed by atoms with van der Waals surface area (Å²) in [5, 5.41) is 13.0. The predicted molar refractivity (Wildman–Crippen MR) is 74.6 cm³/mol. The molecule has 5 N–H and O–H groups in total. The van der Waals surface area contributed by atoms with Crippen molar-refractivity contribution in [2.45, 2.75) is 6.54 Å². The monoisotopic (exact) mass is 281 g/mol. The number of thiophene rings is 1. The summed E-state index contributed by atoms with van der Waals surface area (Å²) in [4.78, 5) is 12.1. The Morgan fingerprint density at radius 1 is 1.63 bits per heavy atom. The smallest absolute Gasteiger partial charge is 0.263 e. The molecule has 0 unspecified atom stereocenters. The lowest BCUT2D eigenvalue weighted by Gasteiger charge is -2.05.